The van der Waals surface area contributed by atoms with Gasteiger partial charge in [0, 0.05) is 25.8 Å². The molecule has 2 aromatic rings. The molecule has 1 aromatic heterocycles. The molecule has 2 aliphatic heterocycles. The van der Waals surface area contributed by atoms with E-state index in [9.17, 15) is 4.79 Å². The Hall–Kier alpha value is -2.20. The van der Waals surface area contributed by atoms with Gasteiger partial charge in [-0.1, -0.05) is 49.7 Å². The van der Waals surface area contributed by atoms with Crippen molar-refractivity contribution in [2.75, 3.05) is 32.7 Å². The normalized spacial score (nSPS) is 20.9. The number of carbonyl (C=O) groups is 1. The van der Waals surface area contributed by atoms with Crippen LogP contribution in [0.15, 0.2) is 54.7 Å². The van der Waals surface area contributed by atoms with Gasteiger partial charge in [-0.2, -0.15) is 0 Å². The molecule has 2 atom stereocenters. The molecule has 29 heavy (non-hydrogen) atoms. The molecule has 1 amide bonds. The second kappa shape index (κ2) is 9.08. The van der Waals surface area contributed by atoms with Gasteiger partial charge in [0.05, 0.1) is 5.69 Å². The number of carbonyl (C=O) groups excluding carboxylic acids is 1. The largest absolute Gasteiger partial charge is 0.342 e. The van der Waals surface area contributed by atoms with Gasteiger partial charge in [0.2, 0.25) is 5.91 Å². The lowest BCUT2D eigenvalue weighted by Gasteiger charge is -2.42. The van der Waals surface area contributed by atoms with Crippen LogP contribution < -0.4 is 0 Å². The van der Waals surface area contributed by atoms with Crippen molar-refractivity contribution in [1.29, 1.82) is 0 Å². The van der Waals surface area contributed by atoms with Gasteiger partial charge in [-0.05, 0) is 62.4 Å². The minimum absolute atomic E-state index is 0.131. The van der Waals surface area contributed by atoms with E-state index in [2.05, 4.69) is 41.0 Å². The van der Waals surface area contributed by atoms with Crippen molar-refractivity contribution < 1.29 is 4.79 Å². The number of piperidine rings is 1. The Kier molecular flexibility index (Phi) is 6.29. The van der Waals surface area contributed by atoms with Gasteiger partial charge < -0.3 is 9.80 Å². The fraction of sp³-hybridized carbons (Fsp3) is 0.520. The quantitative estimate of drug-likeness (QED) is 0.743. The third-order valence-electron chi connectivity index (χ3n) is 6.75. The number of aromatic nitrogens is 1. The first kappa shape index (κ1) is 20.1. The highest BCUT2D eigenvalue weighted by Gasteiger charge is 2.50. The third-order valence-corrected chi connectivity index (χ3v) is 6.75. The molecule has 0 bridgehead atoms. The lowest BCUT2D eigenvalue weighted by Crippen LogP contribution is -2.54. The minimum Gasteiger partial charge on any atom is -0.342 e. The molecule has 2 unspecified atom stereocenters. The highest BCUT2D eigenvalue weighted by molar-refractivity contribution is 5.92. The first-order valence-corrected chi connectivity index (χ1v) is 11.2. The number of rotatable bonds is 6. The lowest BCUT2D eigenvalue weighted by molar-refractivity contribution is -0.137. The van der Waals surface area contributed by atoms with Crippen LogP contribution in [0.5, 0.6) is 0 Å². The van der Waals surface area contributed by atoms with E-state index in [-0.39, 0.29) is 11.8 Å². The third kappa shape index (κ3) is 3.95. The topological polar surface area (TPSA) is 36.4 Å². The summed E-state index contributed by atoms with van der Waals surface area (Å²) in [7, 11) is 0. The molecule has 0 saturated carbocycles. The van der Waals surface area contributed by atoms with E-state index in [1.165, 1.54) is 19.3 Å². The first-order chi connectivity index (χ1) is 14.2. The average Bonchev–Trinajstić information content (AvgIpc) is 3.31. The summed E-state index contributed by atoms with van der Waals surface area (Å²) in [5, 5.41) is 0. The van der Waals surface area contributed by atoms with E-state index in [0.717, 1.165) is 56.8 Å². The molecule has 2 fully saturated rings. The van der Waals surface area contributed by atoms with Crippen molar-refractivity contribution in [2.45, 2.75) is 44.4 Å². The van der Waals surface area contributed by atoms with Crippen molar-refractivity contribution in [2.24, 2.45) is 5.92 Å². The Morgan fingerprint density at radius 3 is 2.24 bits per heavy atom. The molecular weight excluding hydrogens is 358 g/mol. The second-order valence-electron chi connectivity index (χ2n) is 8.65. The van der Waals surface area contributed by atoms with E-state index >= 15 is 0 Å². The summed E-state index contributed by atoms with van der Waals surface area (Å²) in [5.74, 6) is 0.357. The summed E-state index contributed by atoms with van der Waals surface area (Å²) in [6.45, 7) is 7.16. The number of hydrogen-bond donors (Lipinski definition) is 0. The van der Waals surface area contributed by atoms with Crippen molar-refractivity contribution in [1.82, 2.24) is 14.8 Å². The SMILES string of the molecule is CC(CN1CCCCC1)C(C(=O)N1CCCC1)(c1ccccc1)c1ccccn1. The monoisotopic (exact) mass is 391 g/mol. The fourth-order valence-corrected chi connectivity index (χ4v) is 5.26. The number of benzene rings is 1. The van der Waals surface area contributed by atoms with Crippen molar-refractivity contribution in [3.05, 3.63) is 66.0 Å². The van der Waals surface area contributed by atoms with Crippen molar-refractivity contribution in [3.8, 4) is 0 Å². The van der Waals surface area contributed by atoms with Crippen LogP contribution in [-0.4, -0.2) is 53.4 Å². The Bertz CT molecular complexity index is 741. The number of likely N-dealkylation sites (tertiary alicyclic amines) is 2. The maximum absolute atomic E-state index is 14.2. The Morgan fingerprint density at radius 2 is 1.59 bits per heavy atom. The molecule has 0 aliphatic carbocycles. The van der Waals surface area contributed by atoms with Crippen LogP contribution in [0.25, 0.3) is 0 Å². The van der Waals surface area contributed by atoms with Gasteiger partial charge in [0.15, 0.2) is 0 Å². The standard InChI is InChI=1S/C25H33N3O/c1-21(20-27-16-8-3-9-17-27)25(22-12-4-2-5-13-22,23-14-6-7-15-26-23)24(29)28-18-10-11-19-28/h2,4-7,12-15,21H,3,8-11,16-20H2,1H3. The predicted octanol–water partition coefficient (Wildman–Crippen LogP) is 4.11. The number of nitrogens with zero attached hydrogens (tertiary/aromatic N) is 3. The van der Waals surface area contributed by atoms with Gasteiger partial charge >= 0.3 is 0 Å². The molecule has 4 heteroatoms. The van der Waals surface area contributed by atoms with E-state index < -0.39 is 5.41 Å². The summed E-state index contributed by atoms with van der Waals surface area (Å²) >= 11 is 0. The van der Waals surface area contributed by atoms with Gasteiger partial charge in [-0.3, -0.25) is 9.78 Å². The fourth-order valence-electron chi connectivity index (χ4n) is 5.26. The zero-order valence-electron chi connectivity index (χ0n) is 17.6. The van der Waals surface area contributed by atoms with Gasteiger partial charge in [-0.15, -0.1) is 0 Å². The number of amides is 1. The van der Waals surface area contributed by atoms with Crippen LogP contribution in [0.4, 0.5) is 0 Å². The summed E-state index contributed by atoms with van der Waals surface area (Å²) in [6.07, 6.45) is 7.86. The maximum atomic E-state index is 14.2. The van der Waals surface area contributed by atoms with Gasteiger partial charge in [0.1, 0.15) is 5.41 Å². The molecule has 4 rings (SSSR count). The van der Waals surface area contributed by atoms with Crippen LogP contribution in [-0.2, 0) is 10.2 Å². The minimum atomic E-state index is -0.746. The predicted molar refractivity (Wildman–Crippen MR) is 117 cm³/mol. The summed E-state index contributed by atoms with van der Waals surface area (Å²) in [4.78, 5) is 23.6. The molecular formula is C25H33N3O. The lowest BCUT2D eigenvalue weighted by atomic mass is 9.66. The smallest absolute Gasteiger partial charge is 0.239 e. The average molecular weight is 392 g/mol. The van der Waals surface area contributed by atoms with E-state index in [0.29, 0.717) is 0 Å². The molecule has 0 spiro atoms. The first-order valence-electron chi connectivity index (χ1n) is 11.2. The Balaban J connectivity index is 1.81. The van der Waals surface area contributed by atoms with Crippen LogP contribution in [0, 0.1) is 5.92 Å². The van der Waals surface area contributed by atoms with Crippen LogP contribution in [0.1, 0.15) is 50.3 Å². The van der Waals surface area contributed by atoms with Crippen LogP contribution in [0.2, 0.25) is 0 Å². The molecule has 0 radical (unpaired) electrons. The summed E-state index contributed by atoms with van der Waals surface area (Å²) in [5.41, 5.74) is 1.21. The molecule has 3 heterocycles. The van der Waals surface area contributed by atoms with Crippen LogP contribution in [0.3, 0.4) is 0 Å². The van der Waals surface area contributed by atoms with E-state index in [1.54, 1.807) is 0 Å². The molecule has 2 saturated heterocycles. The van der Waals surface area contributed by atoms with Crippen molar-refractivity contribution in [3.63, 3.8) is 0 Å². The van der Waals surface area contributed by atoms with Crippen LogP contribution >= 0.6 is 0 Å². The number of pyridine rings is 1. The number of hydrogen-bond acceptors (Lipinski definition) is 3. The molecule has 154 valence electrons. The summed E-state index contributed by atoms with van der Waals surface area (Å²) < 4.78 is 0. The highest BCUT2D eigenvalue weighted by Crippen LogP contribution is 2.41. The van der Waals surface area contributed by atoms with E-state index in [4.69, 9.17) is 4.98 Å². The van der Waals surface area contributed by atoms with Crippen molar-refractivity contribution >= 4 is 5.91 Å². The highest BCUT2D eigenvalue weighted by atomic mass is 16.2. The van der Waals surface area contributed by atoms with Gasteiger partial charge in [-0.25, -0.2) is 0 Å². The molecule has 2 aliphatic rings. The second-order valence-corrected chi connectivity index (χ2v) is 8.65. The maximum Gasteiger partial charge on any atom is 0.239 e. The Labute approximate surface area is 174 Å². The zero-order valence-corrected chi connectivity index (χ0v) is 17.6. The Morgan fingerprint density at radius 1 is 0.931 bits per heavy atom. The molecule has 0 N–H and O–H groups in total. The zero-order chi connectivity index (χ0) is 20.1. The summed E-state index contributed by atoms with van der Waals surface area (Å²) in [6, 6.07) is 16.4. The van der Waals surface area contributed by atoms with E-state index in [1.807, 2.05) is 30.5 Å². The van der Waals surface area contributed by atoms with Gasteiger partial charge in [0.25, 0.3) is 0 Å². The molecule has 4 nitrogen and oxygen atoms in total. The molecule has 1 aromatic carbocycles.